The Morgan fingerprint density at radius 2 is 1.76 bits per heavy atom. The summed E-state index contributed by atoms with van der Waals surface area (Å²) in [6.07, 6.45) is -0.999. The predicted molar refractivity (Wildman–Crippen MR) is 168 cm³/mol. The number of benzene rings is 3. The van der Waals surface area contributed by atoms with Crippen molar-refractivity contribution >= 4 is 40.8 Å². The van der Waals surface area contributed by atoms with Gasteiger partial charge in [0.25, 0.3) is 5.56 Å². The zero-order valence-corrected chi connectivity index (χ0v) is 25.6. The number of furan rings is 1. The summed E-state index contributed by atoms with van der Waals surface area (Å²) in [4.78, 5) is 33.9. The third-order valence-electron chi connectivity index (χ3n) is 7.18. The molecule has 3 aromatic carbocycles. The van der Waals surface area contributed by atoms with Gasteiger partial charge in [-0.1, -0.05) is 65.9 Å². The van der Waals surface area contributed by atoms with Gasteiger partial charge in [-0.2, -0.15) is 13.2 Å². The lowest BCUT2D eigenvalue weighted by Crippen LogP contribution is -2.40. The number of aromatic nitrogens is 1. The number of esters is 1. The van der Waals surface area contributed by atoms with Gasteiger partial charge < -0.3 is 9.15 Å². The van der Waals surface area contributed by atoms with Crippen LogP contribution in [0.4, 0.5) is 13.2 Å². The van der Waals surface area contributed by atoms with Gasteiger partial charge in [-0.25, -0.2) is 9.79 Å². The summed E-state index contributed by atoms with van der Waals surface area (Å²) in [5.74, 6) is -0.0747. The average molecular weight is 647 g/mol. The van der Waals surface area contributed by atoms with Crippen molar-refractivity contribution in [2.45, 2.75) is 24.0 Å². The molecule has 0 radical (unpaired) electrons. The highest BCUT2D eigenvalue weighted by Crippen LogP contribution is 2.36. The molecular weight excluding hydrogens is 622 g/mol. The quantitative estimate of drug-likeness (QED) is 0.142. The average Bonchev–Trinajstić information content (AvgIpc) is 3.64. The fraction of sp³-hybridized carbons (Fsp3) is 0.147. The smallest absolute Gasteiger partial charge is 0.416 e. The van der Waals surface area contributed by atoms with E-state index < -0.39 is 29.3 Å². The van der Waals surface area contributed by atoms with Crippen LogP contribution in [0.25, 0.3) is 23.1 Å². The number of nitrogens with zero attached hydrogens (tertiary/aromatic N) is 2. The second-order valence-corrected chi connectivity index (χ2v) is 11.9. The lowest BCUT2D eigenvalue weighted by atomic mass is 9.93. The molecule has 2 aromatic heterocycles. The maximum absolute atomic E-state index is 14.1. The number of alkyl halides is 3. The highest BCUT2D eigenvalue weighted by molar-refractivity contribution is 7.98. The first kappa shape index (κ1) is 30.4. The number of carbonyl (C=O) groups excluding carboxylic acids is 1. The van der Waals surface area contributed by atoms with Gasteiger partial charge in [0.15, 0.2) is 4.80 Å². The summed E-state index contributed by atoms with van der Waals surface area (Å²) >= 11 is 2.70. The third kappa shape index (κ3) is 6.05. The molecule has 1 aliphatic rings. The number of hydrogen-bond acceptors (Lipinski definition) is 7. The van der Waals surface area contributed by atoms with Gasteiger partial charge in [0.2, 0.25) is 0 Å². The van der Waals surface area contributed by atoms with Crippen LogP contribution >= 0.6 is 23.1 Å². The first-order valence-electron chi connectivity index (χ1n) is 13.9. The maximum Gasteiger partial charge on any atom is 0.416 e. The van der Waals surface area contributed by atoms with Crippen molar-refractivity contribution in [3.8, 4) is 11.3 Å². The minimum Gasteiger partial charge on any atom is -0.463 e. The molecule has 3 heterocycles. The van der Waals surface area contributed by atoms with Crippen molar-refractivity contribution in [2.24, 2.45) is 4.99 Å². The van der Waals surface area contributed by atoms with Gasteiger partial charge in [0.1, 0.15) is 11.5 Å². The zero-order chi connectivity index (χ0) is 31.7. The number of hydrogen-bond donors (Lipinski definition) is 0. The van der Waals surface area contributed by atoms with Crippen molar-refractivity contribution in [1.29, 1.82) is 0 Å². The molecule has 6 rings (SSSR count). The SMILES string of the molecule is CCOC(=O)C1=C(c2ccccc2)N=c2s/c(=C\c3ccc(-c4cccc(C(F)(F)F)c4)o3)c(=O)n2C1c1ccc(SC)cc1. The predicted octanol–water partition coefficient (Wildman–Crippen LogP) is 6.94. The van der Waals surface area contributed by atoms with Crippen LogP contribution in [0.15, 0.2) is 116 Å². The van der Waals surface area contributed by atoms with Crippen LogP contribution in [0.1, 0.15) is 35.4 Å². The summed E-state index contributed by atoms with van der Waals surface area (Å²) in [5.41, 5.74) is 1.12. The van der Waals surface area contributed by atoms with Crippen molar-refractivity contribution in [2.75, 3.05) is 12.9 Å². The van der Waals surface area contributed by atoms with E-state index in [1.165, 1.54) is 22.8 Å². The van der Waals surface area contributed by atoms with Crippen molar-refractivity contribution in [3.05, 3.63) is 139 Å². The second-order valence-electron chi connectivity index (χ2n) is 9.99. The minimum atomic E-state index is -4.49. The molecule has 0 amide bonds. The molecule has 5 aromatic rings. The number of halogens is 3. The molecule has 1 aliphatic heterocycles. The van der Waals surface area contributed by atoms with Crippen LogP contribution in [0, 0.1) is 0 Å². The molecule has 0 spiro atoms. The van der Waals surface area contributed by atoms with Crippen LogP contribution < -0.4 is 14.9 Å². The largest absolute Gasteiger partial charge is 0.463 e. The van der Waals surface area contributed by atoms with E-state index in [-0.39, 0.29) is 33.8 Å². The zero-order valence-electron chi connectivity index (χ0n) is 24.0. The Morgan fingerprint density at radius 3 is 2.44 bits per heavy atom. The van der Waals surface area contributed by atoms with E-state index >= 15 is 0 Å². The molecule has 0 saturated carbocycles. The Labute approximate surface area is 263 Å². The van der Waals surface area contributed by atoms with Crippen molar-refractivity contribution in [1.82, 2.24) is 4.57 Å². The van der Waals surface area contributed by atoms with Crippen molar-refractivity contribution < 1.29 is 27.1 Å². The third-order valence-corrected chi connectivity index (χ3v) is 8.91. The van der Waals surface area contributed by atoms with E-state index in [0.717, 1.165) is 28.4 Å². The summed E-state index contributed by atoms with van der Waals surface area (Å²) < 4.78 is 52.9. The lowest BCUT2D eigenvalue weighted by molar-refractivity contribution is -0.139. The van der Waals surface area contributed by atoms with E-state index in [1.807, 2.05) is 60.9 Å². The first-order valence-corrected chi connectivity index (χ1v) is 15.9. The number of fused-ring (bicyclic) bond motifs is 1. The molecular formula is C34H25F3N2O4S2. The monoisotopic (exact) mass is 646 g/mol. The summed E-state index contributed by atoms with van der Waals surface area (Å²) in [6, 6.07) is 24.0. The van der Waals surface area contributed by atoms with Crippen molar-refractivity contribution in [3.63, 3.8) is 0 Å². The molecule has 0 saturated heterocycles. The van der Waals surface area contributed by atoms with E-state index in [2.05, 4.69) is 0 Å². The molecule has 0 N–H and O–H groups in total. The fourth-order valence-electron chi connectivity index (χ4n) is 5.11. The number of carbonyl (C=O) groups is 1. The minimum absolute atomic E-state index is 0.139. The number of ether oxygens (including phenoxy) is 1. The van der Waals surface area contributed by atoms with E-state index in [1.54, 1.807) is 30.8 Å². The highest BCUT2D eigenvalue weighted by Gasteiger charge is 2.35. The van der Waals surface area contributed by atoms with E-state index in [4.69, 9.17) is 14.1 Å². The number of rotatable bonds is 7. The Morgan fingerprint density at radius 1 is 1.02 bits per heavy atom. The van der Waals surface area contributed by atoms with Crippen LogP contribution in [0.2, 0.25) is 0 Å². The lowest BCUT2D eigenvalue weighted by Gasteiger charge is -2.26. The standard InChI is InChI=1S/C34H25F3N2O4S2/c1-3-42-32(41)28-29(20-8-5-4-6-9-20)38-33-39(30(28)21-12-15-25(44-2)16-13-21)31(40)27(45-33)19-24-14-17-26(43-24)22-10-7-11-23(18-22)34(35,36)37/h4-19,30H,3H2,1-2H3/b27-19-. The Balaban J connectivity index is 1.52. The molecule has 0 bridgehead atoms. The van der Waals surface area contributed by atoms with Gasteiger partial charge in [-0.3, -0.25) is 9.36 Å². The topological polar surface area (TPSA) is 73.8 Å². The van der Waals surface area contributed by atoms with Crippen LogP contribution in [-0.4, -0.2) is 23.4 Å². The molecule has 45 heavy (non-hydrogen) atoms. The Bertz CT molecular complexity index is 2090. The van der Waals surface area contributed by atoms with Crippen LogP contribution in [0.5, 0.6) is 0 Å². The number of thioether (sulfide) groups is 1. The molecule has 6 nitrogen and oxygen atoms in total. The highest BCUT2D eigenvalue weighted by atomic mass is 32.2. The normalized spacial score (nSPS) is 15.1. The van der Waals surface area contributed by atoms with Gasteiger partial charge in [-0.15, -0.1) is 11.8 Å². The van der Waals surface area contributed by atoms with Gasteiger partial charge in [0, 0.05) is 22.1 Å². The number of thiazole rings is 1. The summed E-state index contributed by atoms with van der Waals surface area (Å²) in [5, 5.41) is 0. The Kier molecular flexibility index (Phi) is 8.39. The molecule has 0 aliphatic carbocycles. The van der Waals surface area contributed by atoms with E-state index in [9.17, 15) is 22.8 Å². The molecule has 11 heteroatoms. The fourth-order valence-corrected chi connectivity index (χ4v) is 6.49. The van der Waals surface area contributed by atoms with E-state index in [0.29, 0.717) is 21.6 Å². The molecule has 228 valence electrons. The van der Waals surface area contributed by atoms with Crippen LogP contribution in [-0.2, 0) is 15.7 Å². The second kappa shape index (κ2) is 12.4. The van der Waals surface area contributed by atoms with Gasteiger partial charge in [0.05, 0.1) is 34.0 Å². The van der Waals surface area contributed by atoms with Gasteiger partial charge >= 0.3 is 12.1 Å². The first-order chi connectivity index (χ1) is 21.7. The molecule has 1 atom stereocenters. The molecule has 0 fully saturated rings. The summed E-state index contributed by atoms with van der Waals surface area (Å²) in [6.45, 7) is 1.86. The Hall–Kier alpha value is -4.61. The van der Waals surface area contributed by atoms with Gasteiger partial charge in [-0.05, 0) is 55.1 Å². The summed E-state index contributed by atoms with van der Waals surface area (Å²) in [7, 11) is 0. The van der Waals surface area contributed by atoms with Crippen LogP contribution in [0.3, 0.4) is 0 Å². The maximum atomic E-state index is 14.1. The molecule has 1 unspecified atom stereocenters.